The van der Waals surface area contributed by atoms with Crippen molar-refractivity contribution in [1.82, 2.24) is 9.55 Å². The molecule has 0 aliphatic heterocycles. The number of anilines is 1. The summed E-state index contributed by atoms with van der Waals surface area (Å²) in [5.74, 6) is 0.406. The zero-order valence-electron chi connectivity index (χ0n) is 13.1. The first kappa shape index (κ1) is 17.1. The minimum Gasteiger partial charge on any atom is -0.367 e. The normalized spacial score (nSPS) is 15.4. The maximum Gasteiger partial charge on any atom is 0.330 e. The van der Waals surface area contributed by atoms with Gasteiger partial charge in [0.1, 0.15) is 5.82 Å². The van der Waals surface area contributed by atoms with Crippen molar-refractivity contribution in [3.8, 4) is 0 Å². The molecular weight excluding hydrogens is 349 g/mol. The van der Waals surface area contributed by atoms with E-state index in [4.69, 9.17) is 23.2 Å². The fraction of sp³-hybridized carbons (Fsp3) is 0.412. The Bertz CT molecular complexity index is 807. The van der Waals surface area contributed by atoms with E-state index in [1.54, 1.807) is 12.1 Å². The molecule has 1 saturated carbocycles. The molecule has 0 bridgehead atoms. The summed E-state index contributed by atoms with van der Waals surface area (Å²) in [5.41, 5.74) is 0.287. The summed E-state index contributed by atoms with van der Waals surface area (Å²) in [6.07, 6.45) is 5.08. The van der Waals surface area contributed by atoms with E-state index in [1.165, 1.54) is 17.1 Å². The molecule has 24 heavy (non-hydrogen) atoms. The van der Waals surface area contributed by atoms with Crippen molar-refractivity contribution in [3.05, 3.63) is 60.7 Å². The summed E-state index contributed by atoms with van der Waals surface area (Å²) in [6, 6.07) is 6.75. The van der Waals surface area contributed by atoms with Crippen LogP contribution < -0.4 is 16.6 Å². The number of hydrogen-bond acceptors (Lipinski definition) is 3. The maximum absolute atomic E-state index is 12.3. The largest absolute Gasteiger partial charge is 0.367 e. The molecule has 0 atom stereocenters. The molecule has 2 aromatic rings. The number of H-pyrrole nitrogens is 1. The van der Waals surface area contributed by atoms with Crippen LogP contribution >= 0.6 is 23.2 Å². The van der Waals surface area contributed by atoms with Gasteiger partial charge < -0.3 is 5.32 Å². The third kappa shape index (κ3) is 3.84. The van der Waals surface area contributed by atoms with Crippen LogP contribution in [-0.4, -0.2) is 9.55 Å². The van der Waals surface area contributed by atoms with E-state index in [2.05, 4.69) is 10.3 Å². The van der Waals surface area contributed by atoms with Crippen LogP contribution in [0.25, 0.3) is 0 Å². The Labute approximate surface area is 149 Å². The zero-order chi connectivity index (χ0) is 17.1. The van der Waals surface area contributed by atoms with Gasteiger partial charge in [-0.15, -0.1) is 0 Å². The summed E-state index contributed by atoms with van der Waals surface area (Å²) >= 11 is 11.9. The van der Waals surface area contributed by atoms with Gasteiger partial charge in [0.15, 0.2) is 0 Å². The van der Waals surface area contributed by atoms with Crippen LogP contribution in [0, 0.1) is 0 Å². The quantitative estimate of drug-likeness (QED) is 0.859. The molecule has 0 saturated heterocycles. The highest BCUT2D eigenvalue weighted by molar-refractivity contribution is 6.42. The number of halogens is 2. The minimum atomic E-state index is -0.356. The number of nitrogens with zero attached hydrogens (tertiary/aromatic N) is 1. The molecule has 0 spiro atoms. The summed E-state index contributed by atoms with van der Waals surface area (Å²) in [5, 5.41) is 4.01. The molecular formula is C17H19Cl2N3O2. The SMILES string of the molecule is O=c1cc(NCc2ccc(Cl)c(Cl)c2)[nH]c(=O)n1C1CCCCC1. The van der Waals surface area contributed by atoms with Gasteiger partial charge in [0, 0.05) is 18.7 Å². The summed E-state index contributed by atoms with van der Waals surface area (Å²) in [6.45, 7) is 0.430. The van der Waals surface area contributed by atoms with Gasteiger partial charge >= 0.3 is 5.69 Å². The van der Waals surface area contributed by atoms with Gasteiger partial charge in [0.05, 0.1) is 10.0 Å². The van der Waals surface area contributed by atoms with Crippen molar-refractivity contribution in [3.63, 3.8) is 0 Å². The average Bonchev–Trinajstić information content (AvgIpc) is 2.56. The van der Waals surface area contributed by atoms with Gasteiger partial charge in [-0.05, 0) is 30.5 Å². The van der Waals surface area contributed by atoms with E-state index in [-0.39, 0.29) is 17.3 Å². The first-order valence-corrected chi connectivity index (χ1v) is 8.84. The van der Waals surface area contributed by atoms with Gasteiger partial charge in [0.25, 0.3) is 5.56 Å². The molecule has 1 heterocycles. The topological polar surface area (TPSA) is 66.9 Å². The van der Waals surface area contributed by atoms with E-state index in [9.17, 15) is 9.59 Å². The van der Waals surface area contributed by atoms with Gasteiger partial charge in [-0.2, -0.15) is 0 Å². The molecule has 0 amide bonds. The third-order valence-electron chi connectivity index (χ3n) is 4.37. The van der Waals surface area contributed by atoms with Crippen molar-refractivity contribution < 1.29 is 0 Å². The van der Waals surface area contributed by atoms with Crippen LogP contribution in [0.4, 0.5) is 5.82 Å². The zero-order valence-corrected chi connectivity index (χ0v) is 14.7. The Kier molecular flexibility index (Phi) is 5.31. The van der Waals surface area contributed by atoms with Crippen molar-refractivity contribution in [2.75, 3.05) is 5.32 Å². The number of rotatable bonds is 4. The van der Waals surface area contributed by atoms with Crippen LogP contribution in [0.5, 0.6) is 0 Å². The van der Waals surface area contributed by atoms with Crippen molar-refractivity contribution in [2.45, 2.75) is 44.7 Å². The second-order valence-corrected chi connectivity index (χ2v) is 6.90. The fourth-order valence-electron chi connectivity index (χ4n) is 3.13. The molecule has 0 unspecified atom stereocenters. The molecule has 1 fully saturated rings. The Morgan fingerprint density at radius 2 is 1.83 bits per heavy atom. The molecule has 128 valence electrons. The maximum atomic E-state index is 12.3. The number of aromatic amines is 1. The molecule has 1 aliphatic carbocycles. The first-order chi connectivity index (χ1) is 11.5. The van der Waals surface area contributed by atoms with Gasteiger partial charge in [-0.3, -0.25) is 14.3 Å². The molecule has 3 rings (SSSR count). The Morgan fingerprint density at radius 1 is 1.08 bits per heavy atom. The second-order valence-electron chi connectivity index (χ2n) is 6.09. The van der Waals surface area contributed by atoms with Gasteiger partial charge in [-0.1, -0.05) is 48.5 Å². The Morgan fingerprint density at radius 3 is 2.50 bits per heavy atom. The fourth-order valence-corrected chi connectivity index (χ4v) is 3.45. The average molecular weight is 368 g/mol. The van der Waals surface area contributed by atoms with Gasteiger partial charge in [0.2, 0.25) is 0 Å². The Hall–Kier alpha value is -1.72. The van der Waals surface area contributed by atoms with Crippen LogP contribution in [0.15, 0.2) is 33.9 Å². The molecule has 1 aromatic heterocycles. The van der Waals surface area contributed by atoms with Crippen LogP contribution in [0.1, 0.15) is 43.7 Å². The van der Waals surface area contributed by atoms with E-state index in [0.717, 1.165) is 31.2 Å². The summed E-state index contributed by atoms with van der Waals surface area (Å²) < 4.78 is 1.35. The lowest BCUT2D eigenvalue weighted by Gasteiger charge is -2.23. The second kappa shape index (κ2) is 7.45. The molecule has 2 N–H and O–H groups in total. The smallest absolute Gasteiger partial charge is 0.330 e. The number of hydrogen-bond donors (Lipinski definition) is 2. The van der Waals surface area contributed by atoms with E-state index in [0.29, 0.717) is 22.4 Å². The highest BCUT2D eigenvalue weighted by Crippen LogP contribution is 2.26. The lowest BCUT2D eigenvalue weighted by atomic mass is 9.95. The van der Waals surface area contributed by atoms with Crippen LogP contribution in [0.2, 0.25) is 10.0 Å². The predicted octanol–water partition coefficient (Wildman–Crippen LogP) is 3.96. The molecule has 1 aromatic carbocycles. The van der Waals surface area contributed by atoms with E-state index >= 15 is 0 Å². The van der Waals surface area contributed by atoms with E-state index < -0.39 is 0 Å². The minimum absolute atomic E-state index is 0.0131. The monoisotopic (exact) mass is 367 g/mol. The summed E-state index contributed by atoms with van der Waals surface area (Å²) in [7, 11) is 0. The highest BCUT2D eigenvalue weighted by Gasteiger charge is 2.19. The third-order valence-corrected chi connectivity index (χ3v) is 5.11. The Balaban J connectivity index is 1.76. The van der Waals surface area contributed by atoms with Crippen molar-refractivity contribution in [2.24, 2.45) is 0 Å². The number of nitrogens with one attached hydrogen (secondary N) is 2. The van der Waals surface area contributed by atoms with Crippen molar-refractivity contribution in [1.29, 1.82) is 0 Å². The first-order valence-electron chi connectivity index (χ1n) is 8.08. The standard InChI is InChI=1S/C17H19Cl2N3O2/c18-13-7-6-11(8-14(13)19)10-20-15-9-16(23)22(17(24)21-15)12-4-2-1-3-5-12/h6-9,12,20H,1-5,10H2,(H,21,24). The molecule has 0 radical (unpaired) electrons. The summed E-state index contributed by atoms with van der Waals surface area (Å²) in [4.78, 5) is 27.4. The van der Waals surface area contributed by atoms with Crippen LogP contribution in [0.3, 0.4) is 0 Å². The lowest BCUT2D eigenvalue weighted by Crippen LogP contribution is -2.38. The number of aromatic nitrogens is 2. The molecule has 7 heteroatoms. The van der Waals surface area contributed by atoms with Crippen LogP contribution in [-0.2, 0) is 6.54 Å². The highest BCUT2D eigenvalue weighted by atomic mass is 35.5. The number of benzene rings is 1. The van der Waals surface area contributed by atoms with Crippen molar-refractivity contribution >= 4 is 29.0 Å². The molecule has 5 nitrogen and oxygen atoms in total. The van der Waals surface area contributed by atoms with E-state index in [1.807, 2.05) is 6.07 Å². The molecule has 1 aliphatic rings. The predicted molar refractivity (Wildman–Crippen MR) is 97.2 cm³/mol. The lowest BCUT2D eigenvalue weighted by molar-refractivity contribution is 0.336. The van der Waals surface area contributed by atoms with Gasteiger partial charge in [-0.25, -0.2) is 4.79 Å².